The summed E-state index contributed by atoms with van der Waals surface area (Å²) in [6, 6.07) is 10.3. The third-order valence-electron chi connectivity index (χ3n) is 6.33. The number of nitrogens with two attached hydrogens (primary N) is 1. The van der Waals surface area contributed by atoms with Gasteiger partial charge in [-0.05, 0) is 78.8 Å². The van der Waals surface area contributed by atoms with Crippen molar-refractivity contribution in [3.63, 3.8) is 0 Å². The number of anilines is 2. The number of nitrogens with zero attached hydrogens (tertiary/aromatic N) is 3. The van der Waals surface area contributed by atoms with E-state index >= 15 is 0 Å². The number of hydrogen-bond donors (Lipinski definition) is 2. The lowest BCUT2D eigenvalue weighted by Gasteiger charge is -2.20. The molecule has 1 saturated carbocycles. The predicted molar refractivity (Wildman–Crippen MR) is 143 cm³/mol. The summed E-state index contributed by atoms with van der Waals surface area (Å²) in [5.74, 6) is -1.19. The van der Waals surface area contributed by atoms with Gasteiger partial charge in [-0.3, -0.25) is 28.1 Å². The minimum absolute atomic E-state index is 0.0555. The molecule has 0 aliphatic heterocycles. The lowest BCUT2D eigenvalue weighted by Crippen LogP contribution is -2.41. The molecule has 0 radical (unpaired) electrons. The van der Waals surface area contributed by atoms with Crippen molar-refractivity contribution in [3.8, 4) is 5.69 Å². The molecule has 11 heteroatoms. The number of hydrogen-bond acceptors (Lipinski definition) is 5. The second kappa shape index (κ2) is 8.73. The third-order valence-corrected chi connectivity index (χ3v) is 7.00. The van der Waals surface area contributed by atoms with Crippen LogP contribution in [-0.4, -0.2) is 19.6 Å². The average molecular weight is 601 g/mol. The predicted octanol–water partition coefficient (Wildman–Crippen LogP) is 3.08. The zero-order valence-corrected chi connectivity index (χ0v) is 21.5. The van der Waals surface area contributed by atoms with Crippen molar-refractivity contribution >= 4 is 50.9 Å². The van der Waals surface area contributed by atoms with Crippen LogP contribution in [0, 0.1) is 16.3 Å². The van der Waals surface area contributed by atoms with E-state index in [1.54, 1.807) is 18.2 Å². The molecule has 1 amide bonds. The maximum atomic E-state index is 14.8. The lowest BCUT2D eigenvalue weighted by atomic mass is 10.1. The van der Waals surface area contributed by atoms with Crippen molar-refractivity contribution in [2.24, 2.45) is 12.8 Å². The van der Waals surface area contributed by atoms with Crippen LogP contribution in [0.2, 0.25) is 0 Å². The first-order chi connectivity index (χ1) is 17.1. The molecule has 1 aliphatic carbocycles. The van der Waals surface area contributed by atoms with Crippen LogP contribution >= 0.6 is 22.6 Å². The van der Waals surface area contributed by atoms with Gasteiger partial charge in [-0.25, -0.2) is 9.18 Å². The molecule has 3 N–H and O–H groups in total. The number of aryl methyl sites for hydroxylation is 1. The number of fused-ring (bicyclic) bond motifs is 1. The number of pyridine rings is 1. The van der Waals surface area contributed by atoms with E-state index in [1.165, 1.54) is 51.9 Å². The van der Waals surface area contributed by atoms with Crippen LogP contribution in [-0.2, 0) is 7.05 Å². The fourth-order valence-corrected chi connectivity index (χ4v) is 4.83. The molecule has 9 nitrogen and oxygen atoms in total. The van der Waals surface area contributed by atoms with Crippen molar-refractivity contribution < 1.29 is 9.18 Å². The minimum atomic E-state index is -0.686. The number of carbonyl (C=O) groups is 1. The van der Waals surface area contributed by atoms with Gasteiger partial charge in [-0.2, -0.15) is 0 Å². The third kappa shape index (κ3) is 3.83. The van der Waals surface area contributed by atoms with Crippen molar-refractivity contribution in [3.05, 3.63) is 94.2 Å². The molecule has 4 aromatic rings. The Morgan fingerprint density at radius 1 is 1.11 bits per heavy atom. The molecule has 2 aromatic heterocycles. The lowest BCUT2D eigenvalue weighted by molar-refractivity contribution is 0.1000. The van der Waals surface area contributed by atoms with Gasteiger partial charge < -0.3 is 11.1 Å². The summed E-state index contributed by atoms with van der Waals surface area (Å²) < 4.78 is 19.1. The largest absolute Gasteiger partial charge is 0.366 e. The highest BCUT2D eigenvalue weighted by Crippen LogP contribution is 2.34. The number of primary amides is 1. The zero-order chi connectivity index (χ0) is 25.9. The van der Waals surface area contributed by atoms with Crippen LogP contribution in [0.4, 0.5) is 15.9 Å². The van der Waals surface area contributed by atoms with Gasteiger partial charge in [0.1, 0.15) is 17.0 Å². The topological polar surface area (TPSA) is 121 Å². The number of aromatic nitrogens is 3. The van der Waals surface area contributed by atoms with Crippen molar-refractivity contribution in [1.82, 2.24) is 13.7 Å². The summed E-state index contributed by atoms with van der Waals surface area (Å²) in [4.78, 5) is 52.6. The maximum absolute atomic E-state index is 14.8. The first-order valence-corrected chi connectivity index (χ1v) is 12.2. The average Bonchev–Trinajstić information content (AvgIpc) is 3.67. The van der Waals surface area contributed by atoms with E-state index in [1.807, 2.05) is 22.6 Å². The van der Waals surface area contributed by atoms with E-state index in [4.69, 9.17) is 5.73 Å². The molecular weight excluding hydrogens is 580 g/mol. The van der Waals surface area contributed by atoms with Crippen molar-refractivity contribution in [1.29, 1.82) is 0 Å². The molecule has 2 heterocycles. The summed E-state index contributed by atoms with van der Waals surface area (Å²) in [7, 11) is 1.48. The molecule has 1 aliphatic rings. The molecule has 0 atom stereocenters. The van der Waals surface area contributed by atoms with Crippen LogP contribution in [0.25, 0.3) is 16.6 Å². The Morgan fingerprint density at radius 3 is 2.47 bits per heavy atom. The smallest absolute Gasteiger partial charge is 0.336 e. The molecule has 36 heavy (non-hydrogen) atoms. The number of halogens is 2. The number of rotatable bonds is 5. The second-order valence-corrected chi connectivity index (χ2v) is 10.00. The molecule has 0 unspecified atom stereocenters. The van der Waals surface area contributed by atoms with Crippen LogP contribution in [0.5, 0.6) is 0 Å². The number of benzene rings is 2. The van der Waals surface area contributed by atoms with E-state index in [-0.39, 0.29) is 45.3 Å². The number of nitrogens with one attached hydrogen (secondary N) is 1. The Labute approximate surface area is 217 Å². The highest BCUT2D eigenvalue weighted by Gasteiger charge is 2.31. The van der Waals surface area contributed by atoms with Crippen molar-refractivity contribution in [2.45, 2.75) is 25.8 Å². The normalized spacial score (nSPS) is 13.2. The van der Waals surface area contributed by atoms with Gasteiger partial charge in [0.2, 0.25) is 5.91 Å². The Morgan fingerprint density at radius 2 is 1.83 bits per heavy atom. The first kappa shape index (κ1) is 24.0. The standard InChI is InChI=1S/C25H21FIN5O4/c1-12-20-19(22(30(2)23(12)34)29-18-9-6-14(27)11-17(18)26)24(35)32(15-7-8-15)25(36)31(20)16-5-3-4-13(10-16)21(28)33/h3-6,9-11,15,29H,7-8H2,1-2H3,(H2,28,33). The highest BCUT2D eigenvalue weighted by molar-refractivity contribution is 14.1. The zero-order valence-electron chi connectivity index (χ0n) is 19.3. The Balaban J connectivity index is 1.94. The summed E-state index contributed by atoms with van der Waals surface area (Å²) in [6.07, 6.45) is 1.31. The van der Waals surface area contributed by atoms with E-state index in [0.29, 0.717) is 16.4 Å². The van der Waals surface area contributed by atoms with Gasteiger partial charge in [0, 0.05) is 27.8 Å². The monoisotopic (exact) mass is 601 g/mol. The fraction of sp³-hybridized carbons (Fsp3) is 0.200. The molecule has 1 fully saturated rings. The molecule has 0 spiro atoms. The van der Waals surface area contributed by atoms with Gasteiger partial charge in [0.05, 0.1) is 16.9 Å². The first-order valence-electron chi connectivity index (χ1n) is 11.1. The quantitative estimate of drug-likeness (QED) is 0.341. The molecule has 0 saturated heterocycles. The molecule has 184 valence electrons. The Bertz CT molecular complexity index is 1770. The summed E-state index contributed by atoms with van der Waals surface area (Å²) >= 11 is 1.98. The van der Waals surface area contributed by atoms with Gasteiger partial charge in [0.25, 0.3) is 11.1 Å². The van der Waals surface area contributed by atoms with E-state index in [0.717, 1.165) is 0 Å². The summed E-state index contributed by atoms with van der Waals surface area (Å²) in [6.45, 7) is 1.52. The van der Waals surface area contributed by atoms with E-state index in [2.05, 4.69) is 5.32 Å². The van der Waals surface area contributed by atoms with Gasteiger partial charge in [-0.15, -0.1) is 0 Å². The van der Waals surface area contributed by atoms with Crippen LogP contribution in [0.15, 0.2) is 56.8 Å². The van der Waals surface area contributed by atoms with Crippen LogP contribution in [0.1, 0.15) is 34.8 Å². The second-order valence-electron chi connectivity index (χ2n) is 8.75. The summed E-state index contributed by atoms with van der Waals surface area (Å²) in [5, 5.41) is 2.97. The highest BCUT2D eigenvalue weighted by atomic mass is 127. The van der Waals surface area contributed by atoms with Crippen molar-refractivity contribution in [2.75, 3.05) is 5.32 Å². The number of carbonyl (C=O) groups excluding carboxylic acids is 1. The molecule has 0 bridgehead atoms. The molecular formula is C25H21FIN5O4. The van der Waals surface area contributed by atoms with Crippen LogP contribution in [0.3, 0.4) is 0 Å². The molecule has 2 aromatic carbocycles. The fourth-order valence-electron chi connectivity index (χ4n) is 4.37. The summed E-state index contributed by atoms with van der Waals surface area (Å²) in [5.41, 5.74) is 4.53. The number of amides is 1. The van der Waals surface area contributed by atoms with E-state index < -0.39 is 28.5 Å². The Kier molecular flexibility index (Phi) is 5.81. The van der Waals surface area contributed by atoms with Crippen LogP contribution < -0.4 is 27.9 Å². The maximum Gasteiger partial charge on any atom is 0.336 e. The molecule has 5 rings (SSSR count). The minimum Gasteiger partial charge on any atom is -0.366 e. The van der Waals surface area contributed by atoms with E-state index in [9.17, 15) is 23.6 Å². The SMILES string of the molecule is Cc1c(=O)n(C)c(Nc2ccc(I)cc2F)c2c(=O)n(C3CC3)c(=O)n(-c3cccc(C(N)=O)c3)c12. The van der Waals surface area contributed by atoms with Gasteiger partial charge in [-0.1, -0.05) is 6.07 Å². The van der Waals surface area contributed by atoms with Gasteiger partial charge >= 0.3 is 5.69 Å². The van der Waals surface area contributed by atoms with Gasteiger partial charge in [0.15, 0.2) is 0 Å². The Hall–Kier alpha value is -3.74.